The molecular formula is C24H20N8S. The molecule has 6 heterocycles. The lowest BCUT2D eigenvalue weighted by Crippen LogP contribution is -2.11. The van der Waals surface area contributed by atoms with Crippen LogP contribution in [0, 0.1) is 0 Å². The van der Waals surface area contributed by atoms with E-state index < -0.39 is 0 Å². The highest BCUT2D eigenvalue weighted by molar-refractivity contribution is 7.13. The second-order valence-corrected chi connectivity index (χ2v) is 8.59. The normalized spacial score (nSPS) is 11.5. The Morgan fingerprint density at radius 1 is 1.06 bits per heavy atom. The van der Waals surface area contributed by atoms with Crippen molar-refractivity contribution in [3.63, 3.8) is 0 Å². The molecule has 0 aliphatic carbocycles. The molecule has 6 aromatic rings. The molecule has 0 saturated carbocycles. The number of pyridine rings is 3. The minimum absolute atomic E-state index is 0.636. The van der Waals surface area contributed by atoms with E-state index in [0.29, 0.717) is 11.5 Å². The van der Waals surface area contributed by atoms with E-state index in [1.54, 1.807) is 17.5 Å². The largest absolute Gasteiger partial charge is 0.321 e. The van der Waals surface area contributed by atoms with Crippen LogP contribution in [-0.2, 0) is 6.54 Å². The molecule has 0 amide bonds. The van der Waals surface area contributed by atoms with Gasteiger partial charge in [0.2, 0.25) is 0 Å². The summed E-state index contributed by atoms with van der Waals surface area (Å²) >= 11 is 1.68. The van der Waals surface area contributed by atoms with Crippen LogP contribution in [-0.4, -0.2) is 41.7 Å². The zero-order valence-electron chi connectivity index (χ0n) is 17.8. The molecule has 0 aromatic carbocycles. The lowest BCUT2D eigenvalue weighted by molar-refractivity contribution is 0.724. The Morgan fingerprint density at radius 3 is 2.91 bits per heavy atom. The number of aromatic amines is 2. The maximum Gasteiger partial charge on any atom is 0.162 e. The number of hydrogen-bond acceptors (Lipinski definition) is 7. The predicted molar refractivity (Wildman–Crippen MR) is 131 cm³/mol. The molecule has 6 aromatic heterocycles. The van der Waals surface area contributed by atoms with Crippen LogP contribution in [0.1, 0.15) is 12.5 Å². The highest BCUT2D eigenvalue weighted by Crippen LogP contribution is 2.32. The molecular weight excluding hydrogens is 432 g/mol. The lowest BCUT2D eigenvalue weighted by atomic mass is 10.1. The highest BCUT2D eigenvalue weighted by atomic mass is 32.1. The van der Waals surface area contributed by atoms with Crippen LogP contribution in [0.4, 0.5) is 0 Å². The molecule has 162 valence electrons. The Labute approximate surface area is 193 Å². The minimum atomic E-state index is 0.636. The number of hydrogen-bond donors (Lipinski definition) is 3. The molecule has 0 aliphatic heterocycles. The van der Waals surface area contributed by atoms with Gasteiger partial charge in [0.05, 0.1) is 11.2 Å². The Kier molecular flexibility index (Phi) is 4.89. The van der Waals surface area contributed by atoms with Crippen LogP contribution >= 0.6 is 11.3 Å². The lowest BCUT2D eigenvalue weighted by Gasteiger charge is -2.05. The first-order chi connectivity index (χ1) is 16.3. The van der Waals surface area contributed by atoms with Crippen LogP contribution in [0.2, 0.25) is 0 Å². The smallest absolute Gasteiger partial charge is 0.162 e. The second-order valence-electron chi connectivity index (χ2n) is 7.65. The summed E-state index contributed by atoms with van der Waals surface area (Å²) in [6.45, 7) is 3.77. The van der Waals surface area contributed by atoms with Crippen molar-refractivity contribution in [1.82, 2.24) is 40.4 Å². The SMILES string of the molecule is CCNCc1cncc(-c2ccc3[nH]nc(-c4nc5c(-c6cccs6)ccnc5[nH]4)c3n2)c1. The molecule has 6 rings (SSSR count). The van der Waals surface area contributed by atoms with Crippen molar-refractivity contribution in [1.29, 1.82) is 0 Å². The molecule has 0 atom stereocenters. The number of imidazole rings is 1. The summed E-state index contributed by atoms with van der Waals surface area (Å²) in [6.07, 6.45) is 5.51. The van der Waals surface area contributed by atoms with Crippen molar-refractivity contribution >= 4 is 33.5 Å². The van der Waals surface area contributed by atoms with E-state index in [9.17, 15) is 0 Å². The molecule has 0 fully saturated rings. The van der Waals surface area contributed by atoms with Gasteiger partial charge in [-0.3, -0.25) is 10.1 Å². The van der Waals surface area contributed by atoms with Crippen LogP contribution < -0.4 is 5.32 Å². The maximum absolute atomic E-state index is 4.91. The predicted octanol–water partition coefficient (Wildman–Crippen LogP) is 4.80. The first-order valence-electron chi connectivity index (χ1n) is 10.7. The van der Waals surface area contributed by atoms with E-state index in [-0.39, 0.29) is 0 Å². The third kappa shape index (κ3) is 3.57. The van der Waals surface area contributed by atoms with Crippen molar-refractivity contribution < 1.29 is 0 Å². The third-order valence-corrected chi connectivity index (χ3v) is 6.38. The number of fused-ring (bicyclic) bond motifs is 2. The molecule has 0 saturated heterocycles. The topological polar surface area (TPSA) is 108 Å². The van der Waals surface area contributed by atoms with Crippen LogP contribution in [0.5, 0.6) is 0 Å². The fourth-order valence-electron chi connectivity index (χ4n) is 3.87. The molecule has 33 heavy (non-hydrogen) atoms. The van der Waals surface area contributed by atoms with Crippen molar-refractivity contribution in [2.45, 2.75) is 13.5 Å². The average Bonchev–Trinajstić information content (AvgIpc) is 3.61. The number of aromatic nitrogens is 7. The number of rotatable bonds is 6. The second kappa shape index (κ2) is 8.19. The Balaban J connectivity index is 1.44. The van der Waals surface area contributed by atoms with Gasteiger partial charge in [0.1, 0.15) is 11.0 Å². The van der Waals surface area contributed by atoms with Gasteiger partial charge in [0.25, 0.3) is 0 Å². The van der Waals surface area contributed by atoms with Crippen LogP contribution in [0.3, 0.4) is 0 Å². The summed E-state index contributed by atoms with van der Waals surface area (Å²) in [7, 11) is 0. The van der Waals surface area contributed by atoms with Crippen molar-refractivity contribution in [2.75, 3.05) is 6.54 Å². The Morgan fingerprint density at radius 2 is 2.03 bits per heavy atom. The number of thiophene rings is 1. The van der Waals surface area contributed by atoms with E-state index >= 15 is 0 Å². The molecule has 8 nitrogen and oxygen atoms in total. The summed E-state index contributed by atoms with van der Waals surface area (Å²) in [6, 6.07) is 12.2. The molecule has 0 bridgehead atoms. The highest BCUT2D eigenvalue weighted by Gasteiger charge is 2.17. The number of H-pyrrole nitrogens is 2. The van der Waals surface area contributed by atoms with Gasteiger partial charge in [-0.25, -0.2) is 15.0 Å². The molecule has 0 spiro atoms. The molecule has 3 N–H and O–H groups in total. The molecule has 0 unspecified atom stereocenters. The van der Waals surface area contributed by atoms with Gasteiger partial charge < -0.3 is 10.3 Å². The van der Waals surface area contributed by atoms with Gasteiger partial charge in [-0.1, -0.05) is 13.0 Å². The van der Waals surface area contributed by atoms with Crippen molar-refractivity contribution in [3.05, 3.63) is 65.9 Å². The van der Waals surface area contributed by atoms with Gasteiger partial charge in [0, 0.05) is 41.1 Å². The Bertz CT molecular complexity index is 1560. The average molecular weight is 453 g/mol. The van der Waals surface area contributed by atoms with Crippen LogP contribution in [0.25, 0.3) is 55.4 Å². The summed E-state index contributed by atoms with van der Waals surface area (Å²) in [5, 5.41) is 13.0. The fourth-order valence-corrected chi connectivity index (χ4v) is 4.62. The van der Waals surface area contributed by atoms with Gasteiger partial charge in [-0.2, -0.15) is 5.10 Å². The summed E-state index contributed by atoms with van der Waals surface area (Å²) < 4.78 is 0. The Hall–Kier alpha value is -3.95. The third-order valence-electron chi connectivity index (χ3n) is 5.47. The van der Waals surface area contributed by atoms with E-state index in [1.165, 1.54) is 0 Å². The van der Waals surface area contributed by atoms with Gasteiger partial charge >= 0.3 is 0 Å². The fraction of sp³-hybridized carbons (Fsp3) is 0.125. The van der Waals surface area contributed by atoms with Crippen LogP contribution in [0.15, 0.2) is 60.4 Å². The number of nitrogens with one attached hydrogen (secondary N) is 3. The van der Waals surface area contributed by atoms with E-state index in [1.807, 2.05) is 36.7 Å². The monoisotopic (exact) mass is 452 g/mol. The van der Waals surface area contributed by atoms with Gasteiger partial charge in [-0.15, -0.1) is 11.3 Å². The summed E-state index contributed by atoms with van der Waals surface area (Å²) in [5.74, 6) is 0.636. The van der Waals surface area contributed by atoms with E-state index in [4.69, 9.17) is 9.97 Å². The summed E-state index contributed by atoms with van der Waals surface area (Å²) in [4.78, 5) is 23.1. The van der Waals surface area contributed by atoms with E-state index in [2.05, 4.69) is 54.9 Å². The first kappa shape index (κ1) is 19.7. The van der Waals surface area contributed by atoms with Crippen molar-refractivity contribution in [2.24, 2.45) is 0 Å². The van der Waals surface area contributed by atoms with Gasteiger partial charge in [-0.05, 0) is 47.8 Å². The van der Waals surface area contributed by atoms with Gasteiger partial charge in [0.15, 0.2) is 17.2 Å². The maximum atomic E-state index is 4.91. The first-order valence-corrected chi connectivity index (χ1v) is 11.6. The van der Waals surface area contributed by atoms with E-state index in [0.717, 1.165) is 62.5 Å². The quantitative estimate of drug-likeness (QED) is 0.335. The molecule has 9 heteroatoms. The molecule has 0 aliphatic rings. The minimum Gasteiger partial charge on any atom is -0.321 e. The number of nitrogens with zero attached hydrogens (tertiary/aromatic N) is 5. The standard InChI is InChI=1S/C24H20N8S/c1-2-25-11-14-10-15(13-26-12-14)17-5-6-18-21(28-17)22(32-31-18)24-29-20-16(19-4-3-9-33-19)7-8-27-23(20)30-24/h3-10,12-13,25H,2,11H2,1H3,(H,31,32)(H,27,29,30). The summed E-state index contributed by atoms with van der Waals surface area (Å²) in [5.41, 5.74) is 7.78. The zero-order chi connectivity index (χ0) is 22.2. The van der Waals surface area contributed by atoms with Crippen molar-refractivity contribution in [3.8, 4) is 33.2 Å². The molecule has 0 radical (unpaired) electrons. The zero-order valence-corrected chi connectivity index (χ0v) is 18.6.